The maximum atomic E-state index is 14.2. The summed E-state index contributed by atoms with van der Waals surface area (Å²) in [5.41, 5.74) is -0.973. The lowest BCUT2D eigenvalue weighted by Gasteiger charge is -2.28. The normalized spacial score (nSPS) is 21.0. The lowest BCUT2D eigenvalue weighted by Crippen LogP contribution is -2.50. The number of benzene rings is 1. The van der Waals surface area contributed by atoms with E-state index in [1.54, 1.807) is 20.8 Å². The van der Waals surface area contributed by atoms with Gasteiger partial charge in [-0.2, -0.15) is 13.2 Å². The van der Waals surface area contributed by atoms with Crippen LogP contribution in [0.5, 0.6) is 0 Å². The summed E-state index contributed by atoms with van der Waals surface area (Å²) in [5, 5.41) is 2.29. The maximum Gasteiger partial charge on any atom is 0.408 e. The molecule has 29 heavy (non-hydrogen) atoms. The number of halogens is 5. The summed E-state index contributed by atoms with van der Waals surface area (Å²) in [4.78, 5) is 25.1. The van der Waals surface area contributed by atoms with E-state index in [4.69, 9.17) is 4.74 Å². The van der Waals surface area contributed by atoms with Crippen LogP contribution < -0.4 is 5.32 Å². The quantitative estimate of drug-likeness (QED) is 0.746. The Balaban J connectivity index is 2.28. The Hall–Kier alpha value is -2.39. The van der Waals surface area contributed by atoms with Crippen LogP contribution in [0.4, 0.5) is 26.7 Å². The summed E-state index contributed by atoms with van der Waals surface area (Å²) < 4.78 is 71.8. The SMILES string of the molecule is CC(C)(C)OC(=O)NC1CCC(c2cccc(F)c2F)CN(CC(F)(F)F)C1=O. The van der Waals surface area contributed by atoms with Gasteiger partial charge in [-0.05, 0) is 45.2 Å². The molecule has 1 aromatic rings. The summed E-state index contributed by atoms with van der Waals surface area (Å²) >= 11 is 0. The van der Waals surface area contributed by atoms with Crippen LogP contribution in [0.3, 0.4) is 0 Å². The molecule has 2 rings (SSSR count). The number of hydrogen-bond acceptors (Lipinski definition) is 3. The van der Waals surface area contributed by atoms with Crippen molar-refractivity contribution in [3.8, 4) is 0 Å². The van der Waals surface area contributed by atoms with Crippen LogP contribution >= 0.6 is 0 Å². The van der Waals surface area contributed by atoms with Crippen molar-refractivity contribution in [3.05, 3.63) is 35.4 Å². The van der Waals surface area contributed by atoms with Gasteiger partial charge in [-0.1, -0.05) is 12.1 Å². The van der Waals surface area contributed by atoms with Crippen molar-refractivity contribution in [1.29, 1.82) is 0 Å². The Morgan fingerprint density at radius 2 is 1.86 bits per heavy atom. The first-order chi connectivity index (χ1) is 13.3. The molecule has 2 atom stereocenters. The van der Waals surface area contributed by atoms with Crippen molar-refractivity contribution < 1.29 is 36.3 Å². The Morgan fingerprint density at radius 1 is 1.21 bits per heavy atom. The molecule has 0 bridgehead atoms. The lowest BCUT2D eigenvalue weighted by molar-refractivity contribution is -0.162. The van der Waals surface area contributed by atoms with Crippen molar-refractivity contribution in [2.75, 3.05) is 13.1 Å². The van der Waals surface area contributed by atoms with E-state index in [9.17, 15) is 31.5 Å². The molecule has 1 aliphatic heterocycles. The minimum Gasteiger partial charge on any atom is -0.444 e. The first-order valence-electron chi connectivity index (χ1n) is 9.06. The van der Waals surface area contributed by atoms with Crippen LogP contribution in [0, 0.1) is 11.6 Å². The number of nitrogens with one attached hydrogen (secondary N) is 1. The summed E-state index contributed by atoms with van der Waals surface area (Å²) in [5.74, 6) is -4.09. The first kappa shape index (κ1) is 22.9. The number of alkyl halides is 3. The van der Waals surface area contributed by atoms with Gasteiger partial charge in [-0.15, -0.1) is 0 Å². The predicted octanol–water partition coefficient (Wildman–Crippen LogP) is 4.13. The highest BCUT2D eigenvalue weighted by Crippen LogP contribution is 2.31. The van der Waals surface area contributed by atoms with Gasteiger partial charge in [0.2, 0.25) is 5.91 Å². The van der Waals surface area contributed by atoms with Crippen molar-refractivity contribution in [1.82, 2.24) is 10.2 Å². The lowest BCUT2D eigenvalue weighted by atomic mass is 9.93. The number of likely N-dealkylation sites (tertiary alicyclic amines) is 1. The molecule has 1 N–H and O–H groups in total. The fraction of sp³-hybridized carbons (Fsp3) is 0.579. The van der Waals surface area contributed by atoms with Gasteiger partial charge in [0, 0.05) is 12.5 Å². The number of nitrogens with zero attached hydrogens (tertiary/aromatic N) is 1. The molecule has 10 heteroatoms. The number of alkyl carbamates (subject to hydrolysis) is 1. The van der Waals surface area contributed by atoms with E-state index < -0.39 is 60.5 Å². The average molecular weight is 422 g/mol. The van der Waals surface area contributed by atoms with Crippen LogP contribution in [0.1, 0.15) is 45.1 Å². The monoisotopic (exact) mass is 422 g/mol. The van der Waals surface area contributed by atoms with Crippen LogP contribution in [-0.4, -0.2) is 47.8 Å². The zero-order valence-electron chi connectivity index (χ0n) is 16.3. The molecule has 0 saturated carbocycles. The molecule has 1 heterocycles. The zero-order valence-corrected chi connectivity index (χ0v) is 16.3. The number of ether oxygens (including phenoxy) is 1. The minimum atomic E-state index is -4.69. The topological polar surface area (TPSA) is 58.6 Å². The molecule has 1 saturated heterocycles. The third-order valence-electron chi connectivity index (χ3n) is 4.34. The highest BCUT2D eigenvalue weighted by Gasteiger charge is 2.40. The van der Waals surface area contributed by atoms with Crippen molar-refractivity contribution in [2.24, 2.45) is 0 Å². The van der Waals surface area contributed by atoms with Gasteiger partial charge in [0.25, 0.3) is 0 Å². The number of hydrogen-bond donors (Lipinski definition) is 1. The van der Waals surface area contributed by atoms with Gasteiger partial charge in [0.1, 0.15) is 18.2 Å². The largest absolute Gasteiger partial charge is 0.444 e. The molecule has 162 valence electrons. The van der Waals surface area contributed by atoms with Gasteiger partial charge in [-0.3, -0.25) is 4.79 Å². The number of carbonyl (C=O) groups is 2. The highest BCUT2D eigenvalue weighted by atomic mass is 19.4. The second-order valence-electron chi connectivity index (χ2n) is 7.95. The summed E-state index contributed by atoms with van der Waals surface area (Å²) in [6, 6.07) is 2.17. The van der Waals surface area contributed by atoms with Gasteiger partial charge in [-0.25, -0.2) is 13.6 Å². The van der Waals surface area contributed by atoms with Crippen molar-refractivity contribution >= 4 is 12.0 Å². The number of rotatable bonds is 3. The van der Waals surface area contributed by atoms with Gasteiger partial charge in [0.05, 0.1) is 0 Å². The van der Waals surface area contributed by atoms with E-state index in [0.717, 1.165) is 6.07 Å². The van der Waals surface area contributed by atoms with Crippen LogP contribution in [0.25, 0.3) is 0 Å². The molecule has 2 amide bonds. The summed E-state index contributed by atoms with van der Waals surface area (Å²) in [6.07, 6.45) is -5.62. The molecule has 1 fully saturated rings. The molecule has 1 aromatic carbocycles. The minimum absolute atomic E-state index is 0.0486. The maximum absolute atomic E-state index is 14.2. The molecule has 0 aromatic heterocycles. The summed E-state index contributed by atoms with van der Waals surface area (Å²) in [6.45, 7) is 2.78. The molecule has 1 aliphatic rings. The highest BCUT2D eigenvalue weighted by molar-refractivity contribution is 5.86. The Morgan fingerprint density at radius 3 is 2.45 bits per heavy atom. The number of amides is 2. The molecular weight excluding hydrogens is 399 g/mol. The Bertz CT molecular complexity index is 761. The van der Waals surface area contributed by atoms with Gasteiger partial charge >= 0.3 is 12.3 Å². The van der Waals surface area contributed by atoms with Crippen molar-refractivity contribution in [3.63, 3.8) is 0 Å². The summed E-state index contributed by atoms with van der Waals surface area (Å²) in [7, 11) is 0. The molecule has 0 aliphatic carbocycles. The van der Waals surface area contributed by atoms with Gasteiger partial charge < -0.3 is 15.0 Å². The third kappa shape index (κ3) is 6.57. The first-order valence-corrected chi connectivity index (χ1v) is 9.06. The molecule has 0 spiro atoms. The van der Waals surface area contributed by atoms with E-state index in [-0.39, 0.29) is 18.4 Å². The van der Waals surface area contributed by atoms with E-state index in [2.05, 4.69) is 5.32 Å². The van der Waals surface area contributed by atoms with Crippen LogP contribution in [0.15, 0.2) is 18.2 Å². The predicted molar refractivity (Wildman–Crippen MR) is 94.1 cm³/mol. The molecule has 5 nitrogen and oxygen atoms in total. The van der Waals surface area contributed by atoms with E-state index in [0.29, 0.717) is 4.90 Å². The second-order valence-corrected chi connectivity index (χ2v) is 7.95. The fourth-order valence-corrected chi connectivity index (χ4v) is 3.19. The van der Waals surface area contributed by atoms with E-state index in [1.165, 1.54) is 12.1 Å². The molecule has 2 unspecified atom stereocenters. The van der Waals surface area contributed by atoms with Crippen LogP contribution in [0.2, 0.25) is 0 Å². The smallest absolute Gasteiger partial charge is 0.408 e. The fourth-order valence-electron chi connectivity index (χ4n) is 3.19. The Labute approximate surface area is 165 Å². The zero-order chi connectivity index (χ0) is 22.0. The molecule has 0 radical (unpaired) electrons. The third-order valence-corrected chi connectivity index (χ3v) is 4.34. The average Bonchev–Trinajstić information content (AvgIpc) is 2.68. The standard InChI is InChI=1S/C19H23F5N2O3/c1-18(2,3)29-17(28)25-14-8-7-11(12-5-4-6-13(20)15(12)21)9-26(16(14)27)10-19(22,23)24/h4-6,11,14H,7-10H2,1-3H3,(H,25,28). The van der Waals surface area contributed by atoms with Crippen LogP contribution in [-0.2, 0) is 9.53 Å². The number of carbonyl (C=O) groups excluding carboxylic acids is 2. The second kappa shape index (κ2) is 8.54. The van der Waals surface area contributed by atoms with Crippen molar-refractivity contribution in [2.45, 2.75) is 57.3 Å². The molecular formula is C19H23F5N2O3. The Kier molecular flexibility index (Phi) is 6.74. The van der Waals surface area contributed by atoms with Gasteiger partial charge in [0.15, 0.2) is 11.6 Å². The van der Waals surface area contributed by atoms with E-state index in [1.807, 2.05) is 0 Å². The van der Waals surface area contributed by atoms with E-state index >= 15 is 0 Å².